The van der Waals surface area contributed by atoms with E-state index in [1.54, 1.807) is 45.0 Å². The summed E-state index contributed by atoms with van der Waals surface area (Å²) in [4.78, 5) is 39.8. The predicted molar refractivity (Wildman–Crippen MR) is 129 cm³/mol. The summed E-state index contributed by atoms with van der Waals surface area (Å²) in [6.45, 7) is 6.76. The van der Waals surface area contributed by atoms with Crippen molar-refractivity contribution >= 4 is 29.9 Å². The second-order valence-corrected chi connectivity index (χ2v) is 9.50. The SMILES string of the molecule is CC(C)(C)OC(=O)[N+]1(C(=O)OCc2ccccc2)C=Cc2ccc(C(=O)N[C@H]3CCNC3)cc21. The molecule has 8 nitrogen and oxygen atoms in total. The van der Waals surface area contributed by atoms with Crippen LogP contribution in [0.25, 0.3) is 6.08 Å². The fourth-order valence-electron chi connectivity index (χ4n) is 4.00. The van der Waals surface area contributed by atoms with Gasteiger partial charge in [-0.25, -0.2) is 0 Å². The summed E-state index contributed by atoms with van der Waals surface area (Å²) >= 11 is 0. The molecule has 8 heteroatoms. The average molecular weight is 465 g/mol. The van der Waals surface area contributed by atoms with Gasteiger partial charge in [-0.05, 0) is 51.4 Å². The Bertz CT molecular complexity index is 1120. The lowest BCUT2D eigenvalue weighted by molar-refractivity contribution is 0.0309. The van der Waals surface area contributed by atoms with Crippen molar-refractivity contribution < 1.29 is 23.9 Å². The summed E-state index contributed by atoms with van der Waals surface area (Å²) in [6, 6.07) is 14.2. The van der Waals surface area contributed by atoms with E-state index in [-0.39, 0.29) is 18.6 Å². The van der Waals surface area contributed by atoms with Gasteiger partial charge in [0.15, 0.2) is 5.69 Å². The number of benzene rings is 2. The van der Waals surface area contributed by atoms with Crippen molar-refractivity contribution in [2.75, 3.05) is 13.1 Å². The Balaban J connectivity index is 1.66. The number of hydrogen-bond donors (Lipinski definition) is 2. The van der Waals surface area contributed by atoms with Gasteiger partial charge in [-0.1, -0.05) is 34.8 Å². The number of fused-ring (bicyclic) bond motifs is 1. The predicted octanol–water partition coefficient (Wildman–Crippen LogP) is 4.34. The van der Waals surface area contributed by atoms with E-state index in [0.29, 0.717) is 23.4 Å². The molecular weight excluding hydrogens is 434 g/mol. The highest BCUT2D eigenvalue weighted by Gasteiger charge is 2.54. The van der Waals surface area contributed by atoms with Crippen molar-refractivity contribution in [2.24, 2.45) is 0 Å². The van der Waals surface area contributed by atoms with Gasteiger partial charge in [-0.15, -0.1) is 0 Å². The summed E-state index contributed by atoms with van der Waals surface area (Å²) in [5.74, 6) is -0.261. The van der Waals surface area contributed by atoms with Crippen LogP contribution >= 0.6 is 0 Å². The smallest absolute Gasteiger partial charge is 0.414 e. The van der Waals surface area contributed by atoms with E-state index >= 15 is 0 Å². The molecule has 0 aromatic heterocycles. The van der Waals surface area contributed by atoms with Crippen molar-refractivity contribution in [3.8, 4) is 0 Å². The summed E-state index contributed by atoms with van der Waals surface area (Å²) in [5.41, 5.74) is 1.28. The highest BCUT2D eigenvalue weighted by Crippen LogP contribution is 2.39. The van der Waals surface area contributed by atoms with E-state index in [9.17, 15) is 14.4 Å². The van der Waals surface area contributed by atoms with E-state index in [1.807, 2.05) is 30.3 Å². The van der Waals surface area contributed by atoms with Crippen LogP contribution in [0.2, 0.25) is 0 Å². The zero-order chi connectivity index (χ0) is 24.3. The van der Waals surface area contributed by atoms with Crippen LogP contribution in [0.15, 0.2) is 54.7 Å². The number of imide groups is 1. The molecule has 1 fully saturated rings. The van der Waals surface area contributed by atoms with E-state index in [4.69, 9.17) is 9.47 Å². The minimum Gasteiger partial charge on any atom is -0.414 e. The van der Waals surface area contributed by atoms with Gasteiger partial charge in [0, 0.05) is 35.9 Å². The number of ether oxygens (including phenoxy) is 2. The number of nitrogens with zero attached hydrogens (tertiary/aromatic N) is 1. The van der Waals surface area contributed by atoms with E-state index < -0.39 is 22.3 Å². The molecule has 0 bridgehead atoms. The first-order chi connectivity index (χ1) is 16.2. The minimum absolute atomic E-state index is 0.000497. The maximum atomic E-state index is 13.5. The normalized spacial score (nSPS) is 21.1. The molecule has 1 saturated heterocycles. The molecule has 2 aromatic carbocycles. The Morgan fingerprint density at radius 3 is 2.53 bits per heavy atom. The molecule has 2 aromatic rings. The first-order valence-electron chi connectivity index (χ1n) is 11.4. The molecule has 0 spiro atoms. The van der Waals surface area contributed by atoms with E-state index in [0.717, 1.165) is 18.5 Å². The van der Waals surface area contributed by atoms with Gasteiger partial charge in [0.05, 0.1) is 0 Å². The third-order valence-corrected chi connectivity index (χ3v) is 5.72. The lowest BCUT2D eigenvalue weighted by Crippen LogP contribution is -2.55. The van der Waals surface area contributed by atoms with Crippen LogP contribution in [-0.4, -0.2) is 42.8 Å². The minimum atomic E-state index is -0.911. The summed E-state index contributed by atoms with van der Waals surface area (Å²) in [6.07, 6.45) is 2.38. The molecule has 2 atom stereocenters. The van der Waals surface area contributed by atoms with Crippen molar-refractivity contribution in [2.45, 2.75) is 45.4 Å². The number of hydrogen-bond acceptors (Lipinski definition) is 6. The molecule has 2 N–H and O–H groups in total. The standard InChI is InChI=1S/C26H29N3O5/c1-26(2,3)34-25(32)29(24(31)33-17-18-7-5-4-6-8-18)14-12-19-9-10-20(15-22(19)29)23(30)28-21-11-13-27-16-21/h4-10,12,14-15,21,27H,11,13,16-17H2,1-3H3/p+1/t21-,29?/m0/s1. The first-order valence-corrected chi connectivity index (χ1v) is 11.4. The third kappa shape index (κ3) is 4.88. The molecule has 3 amide bonds. The van der Waals surface area contributed by atoms with Crippen molar-refractivity contribution in [3.63, 3.8) is 0 Å². The van der Waals surface area contributed by atoms with Gasteiger partial charge in [0.1, 0.15) is 18.4 Å². The number of rotatable bonds is 4. The average Bonchev–Trinajstić information content (AvgIpc) is 3.45. The lowest BCUT2D eigenvalue weighted by Gasteiger charge is -2.28. The Labute approximate surface area is 199 Å². The second-order valence-electron chi connectivity index (χ2n) is 9.50. The Morgan fingerprint density at radius 2 is 1.85 bits per heavy atom. The molecule has 2 aliphatic heterocycles. The van der Waals surface area contributed by atoms with Crippen molar-refractivity contribution in [1.29, 1.82) is 0 Å². The van der Waals surface area contributed by atoms with Crippen molar-refractivity contribution in [3.05, 3.63) is 71.4 Å². The van der Waals surface area contributed by atoms with Gasteiger partial charge in [-0.3, -0.25) is 4.79 Å². The molecule has 34 heavy (non-hydrogen) atoms. The highest BCUT2D eigenvalue weighted by atomic mass is 16.6. The molecule has 178 valence electrons. The molecule has 0 aliphatic carbocycles. The molecule has 2 heterocycles. The monoisotopic (exact) mass is 464 g/mol. The van der Waals surface area contributed by atoms with Gasteiger partial charge in [-0.2, -0.15) is 9.59 Å². The number of quaternary nitrogens is 1. The third-order valence-electron chi connectivity index (χ3n) is 5.72. The molecule has 0 radical (unpaired) electrons. The number of amides is 3. The number of carbonyl (C=O) groups is 3. The van der Waals surface area contributed by atoms with Crippen LogP contribution in [-0.2, 0) is 16.1 Å². The van der Waals surface area contributed by atoms with E-state index in [1.165, 1.54) is 6.20 Å². The first kappa shape index (κ1) is 23.7. The van der Waals surface area contributed by atoms with Crippen LogP contribution in [0.4, 0.5) is 15.3 Å². The summed E-state index contributed by atoms with van der Waals surface area (Å²) < 4.78 is 10.3. The van der Waals surface area contributed by atoms with Gasteiger partial charge in [0.2, 0.25) is 0 Å². The van der Waals surface area contributed by atoms with Crippen LogP contribution < -0.4 is 15.1 Å². The van der Waals surface area contributed by atoms with Crippen LogP contribution in [0.1, 0.15) is 48.7 Å². The van der Waals surface area contributed by atoms with E-state index in [2.05, 4.69) is 10.6 Å². The summed E-state index contributed by atoms with van der Waals surface area (Å²) in [7, 11) is 0. The quantitative estimate of drug-likeness (QED) is 0.654. The second kappa shape index (κ2) is 9.40. The topological polar surface area (TPSA) is 93.7 Å². The molecular formula is C26H30N3O5+. The zero-order valence-electron chi connectivity index (χ0n) is 19.7. The number of carbonyl (C=O) groups excluding carboxylic acids is 3. The van der Waals surface area contributed by atoms with Crippen LogP contribution in [0.3, 0.4) is 0 Å². The lowest BCUT2D eigenvalue weighted by atomic mass is 10.1. The Morgan fingerprint density at radius 1 is 1.09 bits per heavy atom. The van der Waals surface area contributed by atoms with Crippen LogP contribution in [0.5, 0.6) is 0 Å². The fourth-order valence-corrected chi connectivity index (χ4v) is 4.00. The van der Waals surface area contributed by atoms with Crippen LogP contribution in [0, 0.1) is 0 Å². The molecule has 0 saturated carbocycles. The van der Waals surface area contributed by atoms with Gasteiger partial charge in [0.25, 0.3) is 5.91 Å². The molecule has 2 aliphatic rings. The highest BCUT2D eigenvalue weighted by molar-refractivity contribution is 6.10. The molecule has 4 rings (SSSR count). The zero-order valence-corrected chi connectivity index (χ0v) is 19.7. The molecule has 1 unspecified atom stereocenters. The number of nitrogens with one attached hydrogen (secondary N) is 2. The Kier molecular flexibility index (Phi) is 6.54. The maximum absolute atomic E-state index is 13.5. The Hall–Kier alpha value is -3.49. The van der Waals surface area contributed by atoms with Crippen molar-refractivity contribution in [1.82, 2.24) is 15.1 Å². The van der Waals surface area contributed by atoms with Gasteiger partial charge >= 0.3 is 12.2 Å². The maximum Gasteiger partial charge on any atom is 0.537 e. The van der Waals surface area contributed by atoms with Gasteiger partial charge < -0.3 is 20.1 Å². The summed E-state index contributed by atoms with van der Waals surface area (Å²) in [5, 5.41) is 6.21. The fraction of sp³-hybridized carbons (Fsp3) is 0.346. The largest absolute Gasteiger partial charge is 0.537 e.